The van der Waals surface area contributed by atoms with E-state index in [0.717, 1.165) is 15.6 Å². The van der Waals surface area contributed by atoms with Gasteiger partial charge >= 0.3 is 0 Å². The third-order valence-corrected chi connectivity index (χ3v) is 4.56. The summed E-state index contributed by atoms with van der Waals surface area (Å²) >= 11 is 9.33. The number of anilines is 1. The zero-order valence-corrected chi connectivity index (χ0v) is 18.1. The van der Waals surface area contributed by atoms with Gasteiger partial charge in [-0.1, -0.05) is 23.7 Å². The van der Waals surface area contributed by atoms with Gasteiger partial charge in [0.1, 0.15) is 5.75 Å². The van der Waals surface area contributed by atoms with Crippen molar-refractivity contribution in [2.24, 2.45) is 5.10 Å². The lowest BCUT2D eigenvalue weighted by atomic mass is 10.2. The second kappa shape index (κ2) is 10.2. The average molecular weight is 467 g/mol. The Labute approximate surface area is 177 Å². The van der Waals surface area contributed by atoms with Crippen LogP contribution in [0.25, 0.3) is 0 Å². The molecule has 0 spiro atoms. The molecule has 0 aliphatic heterocycles. The number of halogens is 2. The maximum absolute atomic E-state index is 12.1. The van der Waals surface area contributed by atoms with Crippen molar-refractivity contribution in [3.05, 3.63) is 57.0 Å². The van der Waals surface area contributed by atoms with Crippen LogP contribution >= 0.6 is 27.5 Å². The Bertz CT molecular complexity index is 916. The van der Waals surface area contributed by atoms with Crippen molar-refractivity contribution in [3.63, 3.8) is 0 Å². The normalized spacial score (nSPS) is 11.1. The Morgan fingerprint density at radius 2 is 1.89 bits per heavy atom. The van der Waals surface area contributed by atoms with Gasteiger partial charge in [-0.3, -0.25) is 9.59 Å². The molecule has 0 saturated carbocycles. The van der Waals surface area contributed by atoms with Crippen molar-refractivity contribution in [1.29, 1.82) is 0 Å². The van der Waals surface area contributed by atoms with Gasteiger partial charge in [-0.05, 0) is 72.1 Å². The van der Waals surface area contributed by atoms with Gasteiger partial charge in [-0.15, -0.1) is 0 Å². The molecule has 0 aromatic heterocycles. The van der Waals surface area contributed by atoms with Crippen LogP contribution in [0, 0.1) is 13.8 Å². The zero-order valence-electron chi connectivity index (χ0n) is 15.8. The quantitative estimate of drug-likeness (QED) is 0.461. The van der Waals surface area contributed by atoms with E-state index in [1.807, 2.05) is 32.0 Å². The van der Waals surface area contributed by atoms with Gasteiger partial charge in [-0.2, -0.15) is 5.10 Å². The van der Waals surface area contributed by atoms with E-state index < -0.39 is 5.91 Å². The van der Waals surface area contributed by atoms with E-state index in [4.69, 9.17) is 16.3 Å². The SMILES string of the molecule is C/C(CC(=O)Nc1cc(Cl)ccc1C)=N\NC(=O)COc1ccc(C)cc1Br. The number of aryl methyl sites for hydroxylation is 2. The monoisotopic (exact) mass is 465 g/mol. The van der Waals surface area contributed by atoms with Crippen LogP contribution in [0.5, 0.6) is 5.75 Å². The molecule has 28 heavy (non-hydrogen) atoms. The fourth-order valence-corrected chi connectivity index (χ4v) is 3.03. The van der Waals surface area contributed by atoms with Gasteiger partial charge in [-0.25, -0.2) is 5.43 Å². The highest BCUT2D eigenvalue weighted by molar-refractivity contribution is 9.10. The highest BCUT2D eigenvalue weighted by Gasteiger charge is 2.09. The first kappa shape index (κ1) is 21.9. The molecule has 2 rings (SSSR count). The first-order valence-corrected chi connectivity index (χ1v) is 9.68. The van der Waals surface area contributed by atoms with Gasteiger partial charge in [0, 0.05) is 16.4 Å². The predicted octanol–water partition coefficient (Wildman–Crippen LogP) is 4.62. The summed E-state index contributed by atoms with van der Waals surface area (Å²) in [5, 5.41) is 7.25. The van der Waals surface area contributed by atoms with Crippen LogP contribution in [0.3, 0.4) is 0 Å². The van der Waals surface area contributed by atoms with Crippen LogP contribution in [0.1, 0.15) is 24.5 Å². The summed E-state index contributed by atoms with van der Waals surface area (Å²) in [6, 6.07) is 10.8. The predicted molar refractivity (Wildman–Crippen MR) is 115 cm³/mol. The molecule has 0 radical (unpaired) electrons. The summed E-state index contributed by atoms with van der Waals surface area (Å²) in [7, 11) is 0. The van der Waals surface area contributed by atoms with E-state index in [1.165, 1.54) is 0 Å². The number of ether oxygens (including phenoxy) is 1. The Kier molecular flexibility index (Phi) is 8.02. The molecule has 0 heterocycles. The van der Waals surface area contributed by atoms with Crippen LogP contribution in [-0.4, -0.2) is 24.1 Å². The fourth-order valence-electron chi connectivity index (χ4n) is 2.25. The molecular weight excluding hydrogens is 446 g/mol. The van der Waals surface area contributed by atoms with E-state index in [0.29, 0.717) is 22.2 Å². The molecule has 0 saturated heterocycles. The first-order valence-electron chi connectivity index (χ1n) is 8.51. The maximum atomic E-state index is 12.1. The highest BCUT2D eigenvalue weighted by atomic mass is 79.9. The molecule has 8 heteroatoms. The van der Waals surface area contributed by atoms with Gasteiger partial charge in [0.05, 0.1) is 10.9 Å². The third kappa shape index (κ3) is 6.98. The Balaban J connectivity index is 1.81. The van der Waals surface area contributed by atoms with Gasteiger partial charge < -0.3 is 10.1 Å². The van der Waals surface area contributed by atoms with Crippen molar-refractivity contribution in [2.75, 3.05) is 11.9 Å². The van der Waals surface area contributed by atoms with E-state index in [1.54, 1.807) is 25.1 Å². The minimum absolute atomic E-state index is 0.0383. The summed E-state index contributed by atoms with van der Waals surface area (Å²) in [4.78, 5) is 24.0. The lowest BCUT2D eigenvalue weighted by Gasteiger charge is -2.09. The molecular formula is C20H21BrClN3O3. The number of hydrogen-bond acceptors (Lipinski definition) is 4. The minimum atomic E-state index is -0.419. The zero-order chi connectivity index (χ0) is 20.7. The molecule has 0 unspecified atom stereocenters. The van der Waals surface area contributed by atoms with Crippen LogP contribution < -0.4 is 15.5 Å². The lowest BCUT2D eigenvalue weighted by molar-refractivity contribution is -0.123. The topological polar surface area (TPSA) is 79.8 Å². The standard InChI is InChI=1S/C20H21BrClN3O3/c1-12-4-7-18(16(21)8-12)28-11-20(27)25-24-14(3)9-19(26)23-17-10-15(22)6-5-13(17)2/h4-8,10H,9,11H2,1-3H3,(H,23,26)(H,25,27)/b24-14+. The number of hydrogen-bond donors (Lipinski definition) is 2. The van der Waals surface area contributed by atoms with Crippen molar-refractivity contribution < 1.29 is 14.3 Å². The molecule has 0 aliphatic rings. The summed E-state index contributed by atoms with van der Waals surface area (Å²) in [6.45, 7) is 5.30. The first-order chi connectivity index (χ1) is 13.2. The van der Waals surface area contributed by atoms with Crippen molar-refractivity contribution >= 4 is 50.7 Å². The summed E-state index contributed by atoms with van der Waals surface area (Å²) in [5.41, 5.74) is 5.47. The average Bonchev–Trinajstić information content (AvgIpc) is 2.62. The summed E-state index contributed by atoms with van der Waals surface area (Å²) < 4.78 is 6.22. The molecule has 0 atom stereocenters. The Morgan fingerprint density at radius 3 is 2.61 bits per heavy atom. The maximum Gasteiger partial charge on any atom is 0.277 e. The number of hydrazone groups is 1. The smallest absolute Gasteiger partial charge is 0.277 e. The van der Waals surface area contributed by atoms with E-state index in [-0.39, 0.29) is 18.9 Å². The number of carbonyl (C=O) groups is 2. The second-order valence-electron chi connectivity index (χ2n) is 6.29. The van der Waals surface area contributed by atoms with E-state index in [9.17, 15) is 9.59 Å². The number of nitrogens with one attached hydrogen (secondary N) is 2. The van der Waals surface area contributed by atoms with E-state index in [2.05, 4.69) is 31.8 Å². The second-order valence-corrected chi connectivity index (χ2v) is 7.58. The number of benzene rings is 2. The molecule has 2 N–H and O–H groups in total. The lowest BCUT2D eigenvalue weighted by Crippen LogP contribution is -2.26. The molecule has 2 aromatic rings. The largest absolute Gasteiger partial charge is 0.483 e. The van der Waals surface area contributed by atoms with Crippen molar-refractivity contribution in [1.82, 2.24) is 5.43 Å². The number of carbonyl (C=O) groups excluding carboxylic acids is 2. The van der Waals surface area contributed by atoms with Gasteiger partial charge in [0.25, 0.3) is 5.91 Å². The van der Waals surface area contributed by atoms with Crippen LogP contribution in [0.15, 0.2) is 46.0 Å². The minimum Gasteiger partial charge on any atom is -0.483 e. The summed E-state index contributed by atoms with van der Waals surface area (Å²) in [5.74, 6) is -0.101. The van der Waals surface area contributed by atoms with Crippen LogP contribution in [-0.2, 0) is 9.59 Å². The molecule has 0 aliphatic carbocycles. The number of nitrogens with zero attached hydrogens (tertiary/aromatic N) is 1. The van der Waals surface area contributed by atoms with Crippen LogP contribution in [0.2, 0.25) is 5.02 Å². The molecule has 2 aromatic carbocycles. The van der Waals surface area contributed by atoms with Crippen molar-refractivity contribution in [3.8, 4) is 5.75 Å². The molecule has 6 nitrogen and oxygen atoms in total. The highest BCUT2D eigenvalue weighted by Crippen LogP contribution is 2.25. The number of rotatable bonds is 7. The molecule has 2 amide bonds. The van der Waals surface area contributed by atoms with E-state index >= 15 is 0 Å². The Morgan fingerprint density at radius 1 is 1.14 bits per heavy atom. The molecule has 148 valence electrons. The van der Waals surface area contributed by atoms with Crippen molar-refractivity contribution in [2.45, 2.75) is 27.2 Å². The third-order valence-electron chi connectivity index (χ3n) is 3.71. The van der Waals surface area contributed by atoms with Gasteiger partial charge in [0.15, 0.2) is 6.61 Å². The Hall–Kier alpha value is -2.38. The molecule has 0 bridgehead atoms. The molecule has 0 fully saturated rings. The summed E-state index contributed by atoms with van der Waals surface area (Å²) in [6.07, 6.45) is 0.0383. The van der Waals surface area contributed by atoms with Crippen LogP contribution in [0.4, 0.5) is 5.69 Å². The number of amides is 2. The fraction of sp³-hybridized carbons (Fsp3) is 0.250. The van der Waals surface area contributed by atoms with Gasteiger partial charge in [0.2, 0.25) is 5.91 Å².